The molecule has 2 fully saturated rings. The molecule has 2 heterocycles. The smallest absolute Gasteiger partial charge is 0.341 e. The van der Waals surface area contributed by atoms with E-state index in [0.29, 0.717) is 30.7 Å². The van der Waals surface area contributed by atoms with E-state index in [9.17, 15) is 19.5 Å². The highest BCUT2D eigenvalue weighted by molar-refractivity contribution is 5.93. The van der Waals surface area contributed by atoms with Crippen LogP contribution < -0.4 is 10.3 Å². The van der Waals surface area contributed by atoms with Crippen LogP contribution in [0, 0.1) is 5.82 Å². The molecule has 4 rings (SSSR count). The summed E-state index contributed by atoms with van der Waals surface area (Å²) in [5.41, 5.74) is 0.0475. The maximum atomic E-state index is 15.0. The lowest BCUT2D eigenvalue weighted by atomic mass is 10.1. The summed E-state index contributed by atoms with van der Waals surface area (Å²) in [6, 6.07) is 3.03. The number of carboxylic acid groups (broad SMARTS) is 2. The molecular formula is C23H28FN3O5. The van der Waals surface area contributed by atoms with E-state index in [1.165, 1.54) is 12.3 Å². The molecule has 8 nitrogen and oxygen atoms in total. The number of carboxylic acids is 2. The van der Waals surface area contributed by atoms with Crippen molar-refractivity contribution in [1.29, 1.82) is 0 Å². The topological polar surface area (TPSA) is 103 Å². The fourth-order valence-corrected chi connectivity index (χ4v) is 4.41. The Bertz CT molecular complexity index is 1090. The van der Waals surface area contributed by atoms with Crippen molar-refractivity contribution in [3.05, 3.63) is 39.9 Å². The summed E-state index contributed by atoms with van der Waals surface area (Å²) in [5, 5.41) is 18.2. The first-order chi connectivity index (χ1) is 15.3. The number of pyridine rings is 1. The summed E-state index contributed by atoms with van der Waals surface area (Å²) >= 11 is 0. The number of carbonyl (C=O) groups is 2. The third-order valence-electron chi connectivity index (χ3n) is 6.35. The fraction of sp³-hybridized carbons (Fsp3) is 0.522. The standard InChI is InChI=1S/C23H28FN3O5/c24-18-12-16-19(27(15-5-6-15)14-17(22(16)30)23(31)32)13-20(18)26-10-8-25(9-11-26)7-3-1-2-4-21(28)29/h12-15H,1-11H2,(H,28,29)(H,31,32). The van der Waals surface area contributed by atoms with Gasteiger partial charge in [-0.15, -0.1) is 0 Å². The molecule has 2 aliphatic rings. The van der Waals surface area contributed by atoms with E-state index in [2.05, 4.69) is 4.90 Å². The number of aromatic nitrogens is 1. The predicted octanol–water partition coefficient (Wildman–Crippen LogP) is 2.94. The van der Waals surface area contributed by atoms with Gasteiger partial charge in [0.2, 0.25) is 5.43 Å². The van der Waals surface area contributed by atoms with Gasteiger partial charge in [-0.25, -0.2) is 9.18 Å². The summed E-state index contributed by atoms with van der Waals surface area (Å²) in [6.07, 6.45) is 5.93. The average molecular weight is 445 g/mol. The molecule has 0 atom stereocenters. The predicted molar refractivity (Wildman–Crippen MR) is 118 cm³/mol. The molecule has 0 spiro atoms. The van der Waals surface area contributed by atoms with Crippen molar-refractivity contribution in [3.63, 3.8) is 0 Å². The van der Waals surface area contributed by atoms with Crippen molar-refractivity contribution < 1.29 is 24.2 Å². The van der Waals surface area contributed by atoms with Gasteiger partial charge in [0.25, 0.3) is 0 Å². The first-order valence-electron chi connectivity index (χ1n) is 11.2. The SMILES string of the molecule is O=C(O)CCCCCN1CCN(c2cc3c(cc2F)c(=O)c(C(=O)O)cn3C2CC2)CC1. The van der Waals surface area contributed by atoms with E-state index >= 15 is 4.39 Å². The van der Waals surface area contributed by atoms with E-state index in [-0.39, 0.29) is 23.4 Å². The van der Waals surface area contributed by atoms with E-state index in [0.717, 1.165) is 45.3 Å². The largest absolute Gasteiger partial charge is 0.481 e. The second-order valence-electron chi connectivity index (χ2n) is 8.67. The summed E-state index contributed by atoms with van der Waals surface area (Å²) < 4.78 is 16.8. The lowest BCUT2D eigenvalue weighted by Gasteiger charge is -2.36. The monoisotopic (exact) mass is 445 g/mol. The quantitative estimate of drug-likeness (QED) is 0.572. The van der Waals surface area contributed by atoms with Crippen LogP contribution in [-0.2, 0) is 4.79 Å². The Kier molecular flexibility index (Phi) is 6.45. The van der Waals surface area contributed by atoms with Crippen LogP contribution >= 0.6 is 0 Å². The van der Waals surface area contributed by atoms with Crippen molar-refractivity contribution >= 4 is 28.5 Å². The summed E-state index contributed by atoms with van der Waals surface area (Å²) in [7, 11) is 0. The van der Waals surface area contributed by atoms with Gasteiger partial charge in [0.1, 0.15) is 11.4 Å². The summed E-state index contributed by atoms with van der Waals surface area (Å²) in [4.78, 5) is 39.0. The molecule has 2 aromatic rings. The molecule has 1 aromatic carbocycles. The highest BCUT2D eigenvalue weighted by atomic mass is 19.1. The second-order valence-corrected chi connectivity index (χ2v) is 8.67. The van der Waals surface area contributed by atoms with Crippen LogP contribution in [-0.4, -0.2) is 64.3 Å². The molecular weight excluding hydrogens is 417 g/mol. The Labute approximate surface area is 184 Å². The molecule has 172 valence electrons. The normalized spacial score (nSPS) is 17.1. The van der Waals surface area contributed by atoms with Crippen LogP contribution in [0.1, 0.15) is 54.9 Å². The summed E-state index contributed by atoms with van der Waals surface area (Å²) in [5.74, 6) is -2.57. The van der Waals surface area contributed by atoms with Crippen LogP contribution in [0.15, 0.2) is 23.1 Å². The number of aromatic carboxylic acids is 1. The van der Waals surface area contributed by atoms with Crippen molar-refractivity contribution in [2.75, 3.05) is 37.6 Å². The van der Waals surface area contributed by atoms with Crippen LogP contribution in [0.25, 0.3) is 10.9 Å². The first kappa shape index (κ1) is 22.3. The molecule has 0 unspecified atom stereocenters. The van der Waals surface area contributed by atoms with Gasteiger partial charge >= 0.3 is 11.9 Å². The van der Waals surface area contributed by atoms with Crippen LogP contribution in [0.2, 0.25) is 0 Å². The number of piperazine rings is 1. The Morgan fingerprint density at radius 2 is 1.75 bits per heavy atom. The van der Waals surface area contributed by atoms with E-state index in [1.54, 1.807) is 6.07 Å². The highest BCUT2D eigenvalue weighted by Gasteiger charge is 2.28. The minimum Gasteiger partial charge on any atom is -0.481 e. The molecule has 1 aliphatic carbocycles. The fourth-order valence-electron chi connectivity index (χ4n) is 4.41. The molecule has 2 N–H and O–H groups in total. The van der Waals surface area contributed by atoms with Gasteiger partial charge in [-0.2, -0.15) is 0 Å². The minimum atomic E-state index is -1.30. The number of nitrogens with zero attached hydrogens (tertiary/aromatic N) is 3. The molecule has 1 aromatic heterocycles. The zero-order valence-corrected chi connectivity index (χ0v) is 17.9. The average Bonchev–Trinajstić information content (AvgIpc) is 3.59. The zero-order chi connectivity index (χ0) is 22.8. The molecule has 9 heteroatoms. The molecule has 0 radical (unpaired) electrons. The molecule has 0 amide bonds. The third-order valence-corrected chi connectivity index (χ3v) is 6.35. The highest BCUT2D eigenvalue weighted by Crippen LogP contribution is 2.38. The van der Waals surface area contributed by atoms with Crippen molar-refractivity contribution in [2.24, 2.45) is 0 Å². The van der Waals surface area contributed by atoms with Crippen molar-refractivity contribution in [2.45, 2.75) is 44.6 Å². The van der Waals surface area contributed by atoms with Crippen LogP contribution in [0.3, 0.4) is 0 Å². The van der Waals surface area contributed by atoms with Gasteiger partial charge in [0, 0.05) is 50.2 Å². The number of hydrogen-bond donors (Lipinski definition) is 2. The molecule has 0 bridgehead atoms. The lowest BCUT2D eigenvalue weighted by Crippen LogP contribution is -2.47. The Hall–Kier alpha value is -2.94. The zero-order valence-electron chi connectivity index (χ0n) is 17.9. The second kappa shape index (κ2) is 9.28. The van der Waals surface area contributed by atoms with E-state index in [1.807, 2.05) is 9.47 Å². The number of halogens is 1. The summed E-state index contributed by atoms with van der Waals surface area (Å²) in [6.45, 7) is 3.76. The van der Waals surface area contributed by atoms with Gasteiger partial charge in [-0.05, 0) is 44.4 Å². The van der Waals surface area contributed by atoms with Crippen molar-refractivity contribution in [3.8, 4) is 0 Å². The molecule has 32 heavy (non-hydrogen) atoms. The van der Waals surface area contributed by atoms with E-state index < -0.39 is 23.2 Å². The third kappa shape index (κ3) is 4.77. The first-order valence-corrected chi connectivity index (χ1v) is 11.2. The number of hydrogen-bond acceptors (Lipinski definition) is 5. The van der Waals surface area contributed by atoms with E-state index in [4.69, 9.17) is 5.11 Å². The van der Waals surface area contributed by atoms with Gasteiger partial charge in [0.15, 0.2) is 0 Å². The molecule has 1 saturated carbocycles. The Morgan fingerprint density at radius 1 is 1.03 bits per heavy atom. The maximum Gasteiger partial charge on any atom is 0.341 e. The van der Waals surface area contributed by atoms with Crippen molar-refractivity contribution in [1.82, 2.24) is 9.47 Å². The minimum absolute atomic E-state index is 0.109. The van der Waals surface area contributed by atoms with Gasteiger partial charge < -0.3 is 19.7 Å². The Morgan fingerprint density at radius 3 is 2.38 bits per heavy atom. The number of aliphatic carboxylic acids is 1. The van der Waals surface area contributed by atoms with Crippen LogP contribution in [0.5, 0.6) is 0 Å². The maximum absolute atomic E-state index is 15.0. The number of rotatable bonds is 9. The van der Waals surface area contributed by atoms with Gasteiger partial charge in [-0.1, -0.05) is 6.42 Å². The van der Waals surface area contributed by atoms with Crippen LogP contribution in [0.4, 0.5) is 10.1 Å². The number of fused-ring (bicyclic) bond motifs is 1. The van der Waals surface area contributed by atoms with Gasteiger partial charge in [-0.3, -0.25) is 14.5 Å². The Balaban J connectivity index is 1.48. The number of anilines is 1. The molecule has 1 saturated heterocycles. The number of unbranched alkanes of at least 4 members (excludes halogenated alkanes) is 2. The molecule has 1 aliphatic heterocycles. The number of benzene rings is 1. The van der Waals surface area contributed by atoms with Gasteiger partial charge in [0.05, 0.1) is 11.2 Å². The lowest BCUT2D eigenvalue weighted by molar-refractivity contribution is -0.137.